The van der Waals surface area contributed by atoms with Crippen LogP contribution in [-0.4, -0.2) is 12.1 Å². The van der Waals surface area contributed by atoms with E-state index in [1.54, 1.807) is 30.5 Å². The van der Waals surface area contributed by atoms with E-state index >= 15 is 0 Å². The number of nitrogens with one attached hydrogen (secondary N) is 1. The van der Waals surface area contributed by atoms with Gasteiger partial charge in [-0.15, -0.1) is 11.3 Å². The number of carbonyl (C=O) groups excluding carboxylic acids is 1. The Bertz CT molecular complexity index is 580. The first-order valence-electron chi connectivity index (χ1n) is 4.98. The number of nitrogens with zero attached hydrogens (tertiary/aromatic N) is 1. The van der Waals surface area contributed by atoms with E-state index in [9.17, 15) is 4.79 Å². The summed E-state index contributed by atoms with van der Waals surface area (Å²) in [6.07, 6.45) is 1.60. The molecule has 1 aromatic carbocycles. The van der Waals surface area contributed by atoms with Crippen LogP contribution in [0, 0.1) is 0 Å². The van der Waals surface area contributed by atoms with E-state index in [-0.39, 0.29) is 5.91 Å². The van der Waals surface area contributed by atoms with Crippen LogP contribution in [0.15, 0.2) is 45.3 Å². The molecule has 1 aromatic heterocycles. The minimum atomic E-state index is -0.265. The fourth-order valence-corrected chi connectivity index (χ4v) is 2.65. The number of amides is 1. The summed E-state index contributed by atoms with van der Waals surface area (Å²) in [6, 6.07) is 8.54. The number of hydrogen-bond donors (Lipinski definition) is 1. The molecule has 2 rings (SSSR count). The van der Waals surface area contributed by atoms with Crippen molar-refractivity contribution in [2.75, 3.05) is 0 Å². The van der Waals surface area contributed by atoms with Crippen LogP contribution in [0.1, 0.15) is 15.2 Å². The smallest absolute Gasteiger partial charge is 0.267 e. The zero-order valence-corrected chi connectivity index (χ0v) is 12.2. The molecule has 0 aliphatic heterocycles. The summed E-state index contributed by atoms with van der Waals surface area (Å²) in [5.41, 5.74) is 2.97. The molecule has 1 N–H and O–H groups in total. The number of carbonyl (C=O) groups is 1. The van der Waals surface area contributed by atoms with Crippen LogP contribution in [0.3, 0.4) is 0 Å². The van der Waals surface area contributed by atoms with E-state index in [1.165, 1.54) is 11.3 Å². The zero-order chi connectivity index (χ0) is 13.0. The van der Waals surface area contributed by atoms with Crippen LogP contribution in [0.5, 0.6) is 0 Å². The van der Waals surface area contributed by atoms with Crippen molar-refractivity contribution in [2.24, 2.45) is 5.10 Å². The van der Waals surface area contributed by atoms with E-state index in [0.29, 0.717) is 10.6 Å². The van der Waals surface area contributed by atoms with Crippen molar-refractivity contribution >= 4 is 51.0 Å². The molecule has 0 saturated carbocycles. The van der Waals surface area contributed by atoms with Crippen molar-refractivity contribution in [3.05, 3.63) is 55.6 Å². The van der Waals surface area contributed by atoms with Gasteiger partial charge in [0.1, 0.15) is 0 Å². The molecule has 6 heteroatoms. The molecule has 1 heterocycles. The maximum Gasteiger partial charge on any atom is 0.271 e. The monoisotopic (exact) mass is 342 g/mol. The third kappa shape index (κ3) is 3.66. The number of hydrazone groups is 1. The van der Waals surface area contributed by atoms with Gasteiger partial charge in [0.15, 0.2) is 0 Å². The maximum atomic E-state index is 11.7. The SMILES string of the molecule is O=C(N/N=C\c1cc(Br)cs1)c1ccc(Cl)cc1. The van der Waals surface area contributed by atoms with Gasteiger partial charge in [-0.25, -0.2) is 5.43 Å². The first kappa shape index (κ1) is 13.3. The summed E-state index contributed by atoms with van der Waals surface area (Å²) in [4.78, 5) is 12.6. The van der Waals surface area contributed by atoms with Crippen molar-refractivity contribution in [3.8, 4) is 0 Å². The zero-order valence-electron chi connectivity index (χ0n) is 9.06. The second-order valence-corrected chi connectivity index (χ2v) is 5.67. The van der Waals surface area contributed by atoms with E-state index in [0.717, 1.165) is 9.35 Å². The first-order valence-corrected chi connectivity index (χ1v) is 7.03. The molecule has 2 aromatic rings. The summed E-state index contributed by atoms with van der Waals surface area (Å²) in [5, 5.41) is 6.43. The second kappa shape index (κ2) is 6.13. The van der Waals surface area contributed by atoms with Gasteiger partial charge in [-0.3, -0.25) is 4.79 Å². The average molecular weight is 344 g/mol. The van der Waals surface area contributed by atoms with Crippen LogP contribution in [0.25, 0.3) is 0 Å². The molecule has 3 nitrogen and oxygen atoms in total. The molecular weight excluding hydrogens is 336 g/mol. The first-order chi connectivity index (χ1) is 8.65. The van der Waals surface area contributed by atoms with E-state index in [2.05, 4.69) is 26.5 Å². The fourth-order valence-electron chi connectivity index (χ4n) is 1.22. The van der Waals surface area contributed by atoms with Crippen molar-refractivity contribution in [3.63, 3.8) is 0 Å². The maximum absolute atomic E-state index is 11.7. The standard InChI is InChI=1S/C12H8BrClN2OS/c13-9-5-11(18-7-9)6-15-16-12(17)8-1-3-10(14)4-2-8/h1-7H,(H,16,17)/b15-6-. The number of rotatable bonds is 3. The summed E-state index contributed by atoms with van der Waals surface area (Å²) in [5.74, 6) is -0.265. The Labute approximate surface area is 122 Å². The Kier molecular flexibility index (Phi) is 4.52. The third-order valence-electron chi connectivity index (χ3n) is 2.05. The minimum Gasteiger partial charge on any atom is -0.267 e. The Morgan fingerprint density at radius 3 is 2.72 bits per heavy atom. The Balaban J connectivity index is 1.96. The van der Waals surface area contributed by atoms with Gasteiger partial charge in [0.05, 0.1) is 6.21 Å². The molecule has 0 atom stereocenters. The highest BCUT2D eigenvalue weighted by Crippen LogP contribution is 2.17. The normalized spacial score (nSPS) is 10.8. The van der Waals surface area contributed by atoms with Crippen molar-refractivity contribution in [1.82, 2.24) is 5.43 Å². The molecular formula is C12H8BrClN2OS. The molecule has 0 fully saturated rings. The summed E-state index contributed by atoms with van der Waals surface area (Å²) in [7, 11) is 0. The number of thiophene rings is 1. The fraction of sp³-hybridized carbons (Fsp3) is 0. The Hall–Kier alpha value is -1.17. The van der Waals surface area contributed by atoms with Gasteiger partial charge < -0.3 is 0 Å². The van der Waals surface area contributed by atoms with Gasteiger partial charge in [-0.05, 0) is 46.3 Å². The lowest BCUT2D eigenvalue weighted by molar-refractivity contribution is 0.0955. The largest absolute Gasteiger partial charge is 0.271 e. The van der Waals surface area contributed by atoms with Crippen LogP contribution in [-0.2, 0) is 0 Å². The van der Waals surface area contributed by atoms with Gasteiger partial charge in [0.25, 0.3) is 5.91 Å². The van der Waals surface area contributed by atoms with Gasteiger partial charge in [0, 0.05) is 25.3 Å². The average Bonchev–Trinajstić information content (AvgIpc) is 2.76. The molecule has 0 unspecified atom stereocenters. The van der Waals surface area contributed by atoms with E-state index in [1.807, 2.05) is 11.4 Å². The van der Waals surface area contributed by atoms with Gasteiger partial charge >= 0.3 is 0 Å². The Morgan fingerprint density at radius 2 is 2.11 bits per heavy atom. The van der Waals surface area contributed by atoms with Crippen LogP contribution < -0.4 is 5.43 Å². The third-order valence-corrected chi connectivity index (χ3v) is 3.93. The summed E-state index contributed by atoms with van der Waals surface area (Å²) < 4.78 is 0.998. The summed E-state index contributed by atoms with van der Waals surface area (Å²) >= 11 is 10.6. The molecule has 0 aliphatic carbocycles. The molecule has 1 amide bonds. The van der Waals surface area contributed by atoms with Crippen LogP contribution in [0.2, 0.25) is 5.02 Å². The lowest BCUT2D eigenvalue weighted by atomic mass is 10.2. The Morgan fingerprint density at radius 1 is 1.39 bits per heavy atom. The predicted molar refractivity (Wildman–Crippen MR) is 78.5 cm³/mol. The highest BCUT2D eigenvalue weighted by atomic mass is 79.9. The molecule has 0 radical (unpaired) electrons. The molecule has 92 valence electrons. The van der Waals surface area contributed by atoms with Gasteiger partial charge in [-0.1, -0.05) is 11.6 Å². The highest BCUT2D eigenvalue weighted by Gasteiger charge is 2.03. The quantitative estimate of drug-likeness (QED) is 0.666. The van der Waals surface area contributed by atoms with Gasteiger partial charge in [0.2, 0.25) is 0 Å². The minimum absolute atomic E-state index is 0.265. The summed E-state index contributed by atoms with van der Waals surface area (Å²) in [6.45, 7) is 0. The topological polar surface area (TPSA) is 41.5 Å². The lowest BCUT2D eigenvalue weighted by Gasteiger charge is -1.98. The van der Waals surface area contributed by atoms with E-state index < -0.39 is 0 Å². The van der Waals surface area contributed by atoms with Crippen LogP contribution in [0.4, 0.5) is 0 Å². The van der Waals surface area contributed by atoms with E-state index in [4.69, 9.17) is 11.6 Å². The number of benzene rings is 1. The lowest BCUT2D eigenvalue weighted by Crippen LogP contribution is -2.17. The van der Waals surface area contributed by atoms with Gasteiger partial charge in [-0.2, -0.15) is 5.10 Å². The predicted octanol–water partition coefficient (Wildman–Crippen LogP) is 3.93. The van der Waals surface area contributed by atoms with Crippen molar-refractivity contribution < 1.29 is 4.79 Å². The number of halogens is 2. The second-order valence-electron chi connectivity index (χ2n) is 3.37. The number of hydrogen-bond acceptors (Lipinski definition) is 3. The molecule has 0 saturated heterocycles. The van der Waals surface area contributed by atoms with Crippen molar-refractivity contribution in [1.29, 1.82) is 0 Å². The van der Waals surface area contributed by atoms with Crippen LogP contribution >= 0.6 is 38.9 Å². The molecule has 18 heavy (non-hydrogen) atoms. The highest BCUT2D eigenvalue weighted by molar-refractivity contribution is 9.10. The molecule has 0 spiro atoms. The molecule has 0 aliphatic rings. The van der Waals surface area contributed by atoms with Crippen molar-refractivity contribution in [2.45, 2.75) is 0 Å². The molecule has 0 bridgehead atoms.